The Kier molecular flexibility index (Phi) is 3.85. The van der Waals surface area contributed by atoms with E-state index in [1.54, 1.807) is 24.6 Å². The highest BCUT2D eigenvalue weighted by Gasteiger charge is 2.17. The van der Waals surface area contributed by atoms with Gasteiger partial charge in [-0.05, 0) is 24.4 Å². The van der Waals surface area contributed by atoms with Gasteiger partial charge >= 0.3 is 0 Å². The maximum absolute atomic E-state index is 5.34. The number of aryl methyl sites for hydroxylation is 2. The van der Waals surface area contributed by atoms with E-state index in [4.69, 9.17) is 4.74 Å². The Balaban J connectivity index is 1.98. The minimum absolute atomic E-state index is 0.0119. The lowest BCUT2D eigenvalue weighted by Gasteiger charge is -2.19. The van der Waals surface area contributed by atoms with Crippen molar-refractivity contribution in [1.29, 1.82) is 0 Å². The quantitative estimate of drug-likeness (QED) is 0.784. The molecule has 7 heteroatoms. The first-order chi connectivity index (χ1) is 10.2. The largest absolute Gasteiger partial charge is 0.382 e. The molecule has 0 unspecified atom stereocenters. The third kappa shape index (κ3) is 2.74. The van der Waals surface area contributed by atoms with E-state index in [9.17, 15) is 0 Å². The molecular weight excluding hydrogens is 286 g/mol. The third-order valence-electron chi connectivity index (χ3n) is 3.28. The van der Waals surface area contributed by atoms with Crippen molar-refractivity contribution in [3.8, 4) is 0 Å². The fourth-order valence-electron chi connectivity index (χ4n) is 2.34. The number of nitrogens with zero attached hydrogens (tertiary/aromatic N) is 4. The van der Waals surface area contributed by atoms with E-state index in [-0.39, 0.29) is 6.04 Å². The zero-order chi connectivity index (χ0) is 14.8. The molecule has 0 amide bonds. The molecule has 0 saturated heterocycles. The Labute approximate surface area is 126 Å². The van der Waals surface area contributed by atoms with Crippen LogP contribution in [-0.4, -0.2) is 33.5 Å². The maximum atomic E-state index is 5.34. The molecule has 0 aliphatic heterocycles. The lowest BCUT2D eigenvalue weighted by atomic mass is 10.2. The molecule has 0 saturated carbocycles. The summed E-state index contributed by atoms with van der Waals surface area (Å²) >= 11 is 1.63. The number of nitrogens with one attached hydrogen (secondary N) is 1. The lowest BCUT2D eigenvalue weighted by molar-refractivity contribution is 0.184. The second-order valence-corrected chi connectivity index (χ2v) is 5.70. The number of methoxy groups -OCH3 is 1. The smallest absolute Gasteiger partial charge is 0.148 e. The van der Waals surface area contributed by atoms with E-state index in [1.807, 2.05) is 36.2 Å². The van der Waals surface area contributed by atoms with Gasteiger partial charge in [0, 0.05) is 20.4 Å². The van der Waals surface area contributed by atoms with Gasteiger partial charge in [-0.2, -0.15) is 5.10 Å². The number of hydrogen-bond acceptors (Lipinski definition) is 6. The van der Waals surface area contributed by atoms with Crippen LogP contribution in [0.5, 0.6) is 0 Å². The Morgan fingerprint density at radius 2 is 2.24 bits per heavy atom. The number of fused-ring (bicyclic) bond motifs is 1. The molecular formula is C14H17N5OS. The van der Waals surface area contributed by atoms with E-state index in [0.29, 0.717) is 6.61 Å². The third-order valence-corrected chi connectivity index (χ3v) is 4.19. The van der Waals surface area contributed by atoms with Gasteiger partial charge < -0.3 is 10.1 Å². The summed E-state index contributed by atoms with van der Waals surface area (Å²) in [6.07, 6.45) is 1.78. The molecule has 3 rings (SSSR count). The van der Waals surface area contributed by atoms with Gasteiger partial charge in [-0.3, -0.25) is 4.68 Å². The molecule has 3 heterocycles. The number of rotatable bonds is 5. The molecule has 0 bridgehead atoms. The average Bonchev–Trinajstić information content (AvgIpc) is 3.06. The predicted octanol–water partition coefficient (Wildman–Crippen LogP) is 2.53. The van der Waals surface area contributed by atoms with E-state index < -0.39 is 0 Å². The average molecular weight is 303 g/mol. The molecule has 0 radical (unpaired) electrons. The van der Waals surface area contributed by atoms with Crippen molar-refractivity contribution >= 4 is 27.4 Å². The summed E-state index contributed by atoms with van der Waals surface area (Å²) in [7, 11) is 3.61. The highest BCUT2D eigenvalue weighted by atomic mass is 32.1. The van der Waals surface area contributed by atoms with Crippen molar-refractivity contribution in [1.82, 2.24) is 19.7 Å². The fraction of sp³-hybridized carbons (Fsp3) is 0.357. The van der Waals surface area contributed by atoms with Gasteiger partial charge in [0.2, 0.25) is 0 Å². The first kappa shape index (κ1) is 14.0. The predicted molar refractivity (Wildman–Crippen MR) is 83.6 cm³/mol. The summed E-state index contributed by atoms with van der Waals surface area (Å²) in [4.78, 5) is 8.98. The summed E-state index contributed by atoms with van der Waals surface area (Å²) < 4.78 is 8.24. The number of aromatic nitrogens is 4. The topological polar surface area (TPSA) is 64.9 Å². The molecule has 0 spiro atoms. The molecule has 21 heavy (non-hydrogen) atoms. The Hall–Kier alpha value is -1.99. The SMILES string of the molecule is COC[C@@H](Nc1nc(C)nc2ccsc12)c1ccnn1C. The molecule has 110 valence electrons. The first-order valence-electron chi connectivity index (χ1n) is 6.64. The molecule has 6 nitrogen and oxygen atoms in total. The number of hydrogen-bond donors (Lipinski definition) is 1. The lowest BCUT2D eigenvalue weighted by Crippen LogP contribution is -2.20. The summed E-state index contributed by atoms with van der Waals surface area (Å²) in [6, 6.07) is 3.98. The zero-order valence-electron chi connectivity index (χ0n) is 12.2. The zero-order valence-corrected chi connectivity index (χ0v) is 13.0. The van der Waals surface area contributed by atoms with Gasteiger partial charge in [0.25, 0.3) is 0 Å². The van der Waals surface area contributed by atoms with Crippen LogP contribution >= 0.6 is 11.3 Å². The molecule has 3 aromatic rings. The van der Waals surface area contributed by atoms with Gasteiger partial charge in [0.05, 0.1) is 28.6 Å². The highest BCUT2D eigenvalue weighted by Crippen LogP contribution is 2.28. The van der Waals surface area contributed by atoms with Gasteiger partial charge in [0.1, 0.15) is 11.6 Å². The molecule has 1 atom stereocenters. The summed E-state index contributed by atoms with van der Waals surface area (Å²) in [5.41, 5.74) is 2.02. The number of ether oxygens (including phenoxy) is 1. The van der Waals surface area contributed by atoms with Gasteiger partial charge in [0.15, 0.2) is 0 Å². The maximum Gasteiger partial charge on any atom is 0.148 e. The van der Waals surface area contributed by atoms with Gasteiger partial charge in [-0.25, -0.2) is 9.97 Å². The monoisotopic (exact) mass is 303 g/mol. The van der Waals surface area contributed by atoms with Crippen molar-refractivity contribution in [2.75, 3.05) is 19.0 Å². The first-order valence-corrected chi connectivity index (χ1v) is 7.52. The van der Waals surface area contributed by atoms with Crippen LogP contribution in [-0.2, 0) is 11.8 Å². The fourth-order valence-corrected chi connectivity index (χ4v) is 3.12. The van der Waals surface area contributed by atoms with E-state index in [1.165, 1.54) is 0 Å². The van der Waals surface area contributed by atoms with Crippen LogP contribution in [0, 0.1) is 6.92 Å². The molecule has 0 aliphatic carbocycles. The van der Waals surface area contributed by atoms with E-state index in [0.717, 1.165) is 27.6 Å². The Morgan fingerprint density at radius 3 is 2.95 bits per heavy atom. The van der Waals surface area contributed by atoms with Gasteiger partial charge in [-0.15, -0.1) is 11.3 Å². The standard InChI is InChI=1S/C14H17N5OS/c1-9-16-10-5-7-21-13(10)14(17-9)18-11(8-20-3)12-4-6-15-19(12)2/h4-7,11H,8H2,1-3H3,(H,16,17,18)/t11-/m1/s1. The van der Waals surface area contributed by atoms with Crippen molar-refractivity contribution in [2.24, 2.45) is 7.05 Å². The van der Waals surface area contributed by atoms with Crippen molar-refractivity contribution in [3.05, 3.63) is 35.2 Å². The van der Waals surface area contributed by atoms with Gasteiger partial charge in [-0.1, -0.05) is 0 Å². The van der Waals surface area contributed by atoms with Crippen LogP contribution in [0.25, 0.3) is 10.2 Å². The molecule has 0 aromatic carbocycles. The Bertz CT molecular complexity index is 751. The Morgan fingerprint density at radius 1 is 1.38 bits per heavy atom. The van der Waals surface area contributed by atoms with Crippen LogP contribution in [0.2, 0.25) is 0 Å². The molecule has 0 aliphatic rings. The van der Waals surface area contributed by atoms with E-state index in [2.05, 4.69) is 20.4 Å². The molecule has 1 N–H and O–H groups in total. The van der Waals surface area contributed by atoms with Crippen LogP contribution in [0.4, 0.5) is 5.82 Å². The summed E-state index contributed by atoms with van der Waals surface area (Å²) in [5, 5.41) is 9.72. The van der Waals surface area contributed by atoms with Crippen LogP contribution in [0.1, 0.15) is 17.6 Å². The summed E-state index contributed by atoms with van der Waals surface area (Å²) in [6.45, 7) is 2.44. The van der Waals surface area contributed by atoms with Crippen molar-refractivity contribution in [2.45, 2.75) is 13.0 Å². The van der Waals surface area contributed by atoms with Crippen molar-refractivity contribution < 1.29 is 4.74 Å². The van der Waals surface area contributed by atoms with Crippen molar-refractivity contribution in [3.63, 3.8) is 0 Å². The normalized spacial score (nSPS) is 12.7. The highest BCUT2D eigenvalue weighted by molar-refractivity contribution is 7.17. The summed E-state index contributed by atoms with van der Waals surface area (Å²) in [5.74, 6) is 1.60. The number of thiophene rings is 1. The minimum Gasteiger partial charge on any atom is -0.382 e. The van der Waals surface area contributed by atoms with Crippen LogP contribution < -0.4 is 5.32 Å². The minimum atomic E-state index is -0.0119. The van der Waals surface area contributed by atoms with Crippen LogP contribution in [0.3, 0.4) is 0 Å². The van der Waals surface area contributed by atoms with Crippen LogP contribution in [0.15, 0.2) is 23.7 Å². The molecule has 0 fully saturated rings. The second-order valence-electron chi connectivity index (χ2n) is 4.79. The number of anilines is 1. The molecule has 3 aromatic heterocycles. The second kappa shape index (κ2) is 5.79. The van der Waals surface area contributed by atoms with E-state index >= 15 is 0 Å².